The number of nitrogens with zero attached hydrogens (tertiary/aromatic N) is 1. The van der Waals surface area contributed by atoms with Gasteiger partial charge >= 0.3 is 6.09 Å². The number of likely N-dealkylation sites (tertiary alicyclic amines) is 1. The molecule has 0 unspecified atom stereocenters. The number of carbonyl (C=O) groups is 1. The molecule has 94 valence electrons. The van der Waals surface area contributed by atoms with E-state index in [1.165, 1.54) is 0 Å². The molecule has 0 aromatic heterocycles. The van der Waals surface area contributed by atoms with Crippen LogP contribution < -0.4 is 0 Å². The quantitative estimate of drug-likeness (QED) is 0.750. The van der Waals surface area contributed by atoms with Gasteiger partial charge in [-0.05, 0) is 39.5 Å². The van der Waals surface area contributed by atoms with Crippen LogP contribution in [0.2, 0.25) is 0 Å². The van der Waals surface area contributed by atoms with Gasteiger partial charge in [0.1, 0.15) is 5.60 Å². The van der Waals surface area contributed by atoms with Crippen LogP contribution in [0, 0.1) is 5.92 Å². The lowest BCUT2D eigenvalue weighted by Crippen LogP contribution is -2.51. The summed E-state index contributed by atoms with van der Waals surface area (Å²) >= 11 is 0. The lowest BCUT2D eigenvalue weighted by Gasteiger charge is -2.39. The second kappa shape index (κ2) is 5.53. The highest BCUT2D eigenvalue weighted by molar-refractivity contribution is 5.69. The molecule has 1 fully saturated rings. The second-order valence-electron chi connectivity index (χ2n) is 5.47. The third-order valence-corrected chi connectivity index (χ3v) is 2.63. The van der Waals surface area contributed by atoms with Crippen LogP contribution in [0.5, 0.6) is 0 Å². The zero-order valence-corrected chi connectivity index (χ0v) is 10.5. The van der Waals surface area contributed by atoms with Gasteiger partial charge in [0.15, 0.2) is 0 Å². The Bertz CT molecular complexity index is 229. The summed E-state index contributed by atoms with van der Waals surface area (Å²) in [5.74, 6) is 0.596. The molecule has 1 aliphatic heterocycles. The summed E-state index contributed by atoms with van der Waals surface area (Å²) in [7, 11) is 0. The Hall–Kier alpha value is -0.770. The van der Waals surface area contributed by atoms with Crippen molar-refractivity contribution in [2.45, 2.75) is 45.6 Å². The van der Waals surface area contributed by atoms with Gasteiger partial charge in [0.25, 0.3) is 0 Å². The molecule has 1 rings (SSSR count). The van der Waals surface area contributed by atoms with Crippen LogP contribution in [0.1, 0.15) is 40.0 Å². The van der Waals surface area contributed by atoms with E-state index in [9.17, 15) is 4.79 Å². The van der Waals surface area contributed by atoms with E-state index in [-0.39, 0.29) is 12.7 Å². The van der Waals surface area contributed by atoms with Gasteiger partial charge in [-0.15, -0.1) is 0 Å². The molecule has 1 N–H and O–H groups in total. The molecule has 16 heavy (non-hydrogen) atoms. The Morgan fingerprint density at radius 1 is 1.38 bits per heavy atom. The Balaban J connectivity index is 2.13. The molecule has 0 radical (unpaired) electrons. The van der Waals surface area contributed by atoms with E-state index in [1.807, 2.05) is 20.8 Å². The summed E-state index contributed by atoms with van der Waals surface area (Å²) in [6.07, 6.45) is 2.80. The summed E-state index contributed by atoms with van der Waals surface area (Å²) < 4.78 is 5.26. The Labute approximate surface area is 97.6 Å². The maximum absolute atomic E-state index is 11.6. The lowest BCUT2D eigenvalue weighted by atomic mass is 9.94. The van der Waals surface area contributed by atoms with Crippen molar-refractivity contribution in [3.8, 4) is 0 Å². The average Bonchev–Trinajstić information content (AvgIpc) is 2.05. The first-order valence-electron chi connectivity index (χ1n) is 6.01. The minimum Gasteiger partial charge on any atom is -0.444 e. The Kier molecular flexibility index (Phi) is 4.59. The van der Waals surface area contributed by atoms with Crippen molar-refractivity contribution < 1.29 is 14.6 Å². The van der Waals surface area contributed by atoms with Crippen LogP contribution in [0.25, 0.3) is 0 Å². The predicted molar refractivity (Wildman–Crippen MR) is 62.2 cm³/mol. The highest BCUT2D eigenvalue weighted by atomic mass is 16.6. The van der Waals surface area contributed by atoms with Crippen molar-refractivity contribution in [1.82, 2.24) is 4.90 Å². The van der Waals surface area contributed by atoms with E-state index in [1.54, 1.807) is 4.90 Å². The molecule has 0 aromatic rings. The number of aliphatic hydroxyl groups excluding tert-OH is 1. The van der Waals surface area contributed by atoms with Gasteiger partial charge in [0.05, 0.1) is 0 Å². The first-order valence-corrected chi connectivity index (χ1v) is 6.01. The average molecular weight is 229 g/mol. The van der Waals surface area contributed by atoms with Gasteiger partial charge in [-0.2, -0.15) is 0 Å². The molecule has 4 heteroatoms. The monoisotopic (exact) mass is 229 g/mol. The van der Waals surface area contributed by atoms with Crippen molar-refractivity contribution in [2.75, 3.05) is 19.7 Å². The number of hydrogen-bond donors (Lipinski definition) is 1. The van der Waals surface area contributed by atoms with Crippen molar-refractivity contribution in [2.24, 2.45) is 5.92 Å². The summed E-state index contributed by atoms with van der Waals surface area (Å²) in [5, 5.41) is 8.65. The number of rotatable bonds is 4. The molecule has 1 aliphatic rings. The van der Waals surface area contributed by atoms with Gasteiger partial charge in [0.2, 0.25) is 0 Å². The van der Waals surface area contributed by atoms with Gasteiger partial charge in [-0.1, -0.05) is 6.42 Å². The van der Waals surface area contributed by atoms with Gasteiger partial charge in [-0.3, -0.25) is 0 Å². The lowest BCUT2D eigenvalue weighted by molar-refractivity contribution is -0.00256. The largest absolute Gasteiger partial charge is 0.444 e. The minimum atomic E-state index is -0.404. The second-order valence-corrected chi connectivity index (χ2v) is 5.47. The molecule has 0 spiro atoms. The first-order chi connectivity index (χ1) is 7.42. The van der Waals surface area contributed by atoms with Crippen molar-refractivity contribution in [3.05, 3.63) is 0 Å². The normalized spacial score (nSPS) is 17.1. The number of aliphatic hydroxyl groups is 1. The van der Waals surface area contributed by atoms with E-state index < -0.39 is 5.60 Å². The third kappa shape index (κ3) is 4.39. The van der Waals surface area contributed by atoms with Crippen LogP contribution >= 0.6 is 0 Å². The smallest absolute Gasteiger partial charge is 0.410 e. The van der Waals surface area contributed by atoms with Crippen LogP contribution in [-0.4, -0.2) is 41.4 Å². The molecular weight excluding hydrogens is 206 g/mol. The minimum absolute atomic E-state index is 0.203. The third-order valence-electron chi connectivity index (χ3n) is 2.63. The van der Waals surface area contributed by atoms with Crippen LogP contribution in [-0.2, 0) is 4.74 Å². The number of amides is 1. The van der Waals surface area contributed by atoms with Crippen LogP contribution in [0.4, 0.5) is 4.79 Å². The standard InChI is InChI=1S/C12H23NO3/c1-12(2,3)16-11(15)13-8-10(9-13)6-4-5-7-14/h10,14H,4-9H2,1-3H3. The summed E-state index contributed by atoms with van der Waals surface area (Å²) in [6, 6.07) is 0. The van der Waals surface area contributed by atoms with Crippen LogP contribution in [0.3, 0.4) is 0 Å². The maximum atomic E-state index is 11.6. The molecule has 0 bridgehead atoms. The number of carbonyl (C=O) groups excluding carboxylic acids is 1. The topological polar surface area (TPSA) is 49.8 Å². The molecule has 0 aliphatic carbocycles. The fraction of sp³-hybridized carbons (Fsp3) is 0.917. The molecule has 1 saturated heterocycles. The van der Waals surface area contributed by atoms with E-state index >= 15 is 0 Å². The maximum Gasteiger partial charge on any atom is 0.410 e. The molecule has 1 amide bonds. The first kappa shape index (κ1) is 13.3. The zero-order chi connectivity index (χ0) is 12.2. The molecule has 0 saturated carbocycles. The van der Waals surface area contributed by atoms with Gasteiger partial charge < -0.3 is 14.7 Å². The van der Waals surface area contributed by atoms with E-state index in [4.69, 9.17) is 9.84 Å². The van der Waals surface area contributed by atoms with Gasteiger partial charge in [-0.25, -0.2) is 4.79 Å². The number of ether oxygens (including phenoxy) is 1. The zero-order valence-electron chi connectivity index (χ0n) is 10.5. The van der Waals surface area contributed by atoms with Crippen LogP contribution in [0.15, 0.2) is 0 Å². The SMILES string of the molecule is CC(C)(C)OC(=O)N1CC(CCCCO)C1. The summed E-state index contributed by atoms with van der Waals surface area (Å²) in [6.45, 7) is 7.51. The fourth-order valence-electron chi connectivity index (χ4n) is 1.77. The summed E-state index contributed by atoms with van der Waals surface area (Å²) in [4.78, 5) is 13.3. The highest BCUT2D eigenvalue weighted by Gasteiger charge is 2.32. The molecule has 1 heterocycles. The predicted octanol–water partition coefficient (Wildman–Crippen LogP) is 2.02. The van der Waals surface area contributed by atoms with E-state index in [2.05, 4.69) is 0 Å². The van der Waals surface area contributed by atoms with E-state index in [0.29, 0.717) is 5.92 Å². The Morgan fingerprint density at radius 2 is 2.00 bits per heavy atom. The van der Waals surface area contributed by atoms with Gasteiger partial charge in [0, 0.05) is 19.7 Å². The number of unbranched alkanes of at least 4 members (excludes halogenated alkanes) is 1. The molecule has 0 aromatic carbocycles. The molecule has 4 nitrogen and oxygen atoms in total. The van der Waals surface area contributed by atoms with Crippen molar-refractivity contribution in [1.29, 1.82) is 0 Å². The fourth-order valence-corrected chi connectivity index (χ4v) is 1.77. The molecule has 0 atom stereocenters. The van der Waals surface area contributed by atoms with Crippen molar-refractivity contribution in [3.63, 3.8) is 0 Å². The Morgan fingerprint density at radius 3 is 2.50 bits per heavy atom. The highest BCUT2D eigenvalue weighted by Crippen LogP contribution is 2.23. The molecular formula is C12H23NO3. The van der Waals surface area contributed by atoms with E-state index in [0.717, 1.165) is 32.4 Å². The summed E-state index contributed by atoms with van der Waals surface area (Å²) in [5.41, 5.74) is -0.404. The van der Waals surface area contributed by atoms with Crippen molar-refractivity contribution >= 4 is 6.09 Å². The number of hydrogen-bond acceptors (Lipinski definition) is 3.